The number of nitrogens with one attached hydrogen (secondary N) is 1. The summed E-state index contributed by atoms with van der Waals surface area (Å²) in [5, 5.41) is 0. The Morgan fingerprint density at radius 1 is 0.707 bits per heavy atom. The van der Waals surface area contributed by atoms with E-state index in [1.54, 1.807) is 4.90 Å². The number of hydrogen-bond donors (Lipinski definition) is 1. The fourth-order valence-corrected chi connectivity index (χ4v) is 8.00. The van der Waals surface area contributed by atoms with Gasteiger partial charge in [-0.05, 0) is 123 Å². The molecule has 4 heterocycles. The predicted octanol–water partition coefficient (Wildman–Crippen LogP) is 11.6. The van der Waals surface area contributed by atoms with Gasteiger partial charge in [-0.2, -0.15) is 0 Å². The van der Waals surface area contributed by atoms with E-state index >= 15 is 0 Å². The molecule has 3 aliphatic heterocycles. The van der Waals surface area contributed by atoms with E-state index in [2.05, 4.69) is 105 Å². The fourth-order valence-electron chi connectivity index (χ4n) is 8.00. The Morgan fingerprint density at radius 3 is 1.81 bits per heavy atom. The minimum atomic E-state index is -0.550. The van der Waals surface area contributed by atoms with Gasteiger partial charge in [0.1, 0.15) is 17.0 Å². The maximum absolute atomic E-state index is 13.0. The molecule has 1 N–H and O–H groups in total. The molecule has 2 atom stereocenters. The van der Waals surface area contributed by atoms with Crippen molar-refractivity contribution >= 4 is 35.1 Å². The molecule has 2 fully saturated rings. The zero-order chi connectivity index (χ0) is 41.4. The second kappa shape index (κ2) is 16.1. The maximum Gasteiger partial charge on any atom is 0.410 e. The van der Waals surface area contributed by atoms with Crippen LogP contribution in [0.2, 0.25) is 0 Å². The average Bonchev–Trinajstić information content (AvgIpc) is 3.99. The van der Waals surface area contributed by atoms with Gasteiger partial charge in [0.25, 0.3) is 0 Å². The standard InChI is InChI=1S/C49H59N5O4/c1-47(2,3)38-24-22-35(23-25-38)39(34-20-18-33(19-21-34)37-29-40(50-30-37)42-12-10-26-53(42)45(55)57-48(4,5)6)28-32-14-16-36(17-15-32)41-31-51-44(52-41)43-13-11-27-54(43)46(56)58-49(7,8)9/h14-25,28,30-31,42-43H,10-13,26-27,29H2,1-9H3,(H,51,52)/t42-,43-/m0/s1. The molecule has 304 valence electrons. The first-order valence-corrected chi connectivity index (χ1v) is 20.8. The van der Waals surface area contributed by atoms with Gasteiger partial charge in [-0.15, -0.1) is 0 Å². The third-order valence-corrected chi connectivity index (χ3v) is 11.0. The van der Waals surface area contributed by atoms with E-state index in [1.807, 2.05) is 58.8 Å². The SMILES string of the molecule is CC(C)(C)OC(=O)N1CCC[C@H]1C1=NC=C(c2ccc(C(=Cc3ccc(-c4cnc([C@@H]5CCCN5C(=O)OC(C)(C)C)[nH]4)cc3)c3ccc(C(C)(C)C)cc3)cc2)C1. The molecule has 7 rings (SSSR count). The number of aromatic nitrogens is 2. The largest absolute Gasteiger partial charge is 0.444 e. The second-order valence-electron chi connectivity index (χ2n) is 18.9. The van der Waals surface area contributed by atoms with E-state index in [-0.39, 0.29) is 29.7 Å². The molecular formula is C49H59N5O4. The number of benzene rings is 3. The van der Waals surface area contributed by atoms with Gasteiger partial charge in [-0.3, -0.25) is 14.8 Å². The Kier molecular flexibility index (Phi) is 11.3. The van der Waals surface area contributed by atoms with Crippen LogP contribution in [-0.2, 0) is 14.9 Å². The molecular weight excluding hydrogens is 723 g/mol. The van der Waals surface area contributed by atoms with Crippen LogP contribution in [0.25, 0.3) is 28.5 Å². The number of likely N-dealkylation sites (tertiary alicyclic amines) is 2. The van der Waals surface area contributed by atoms with Gasteiger partial charge in [0, 0.05) is 31.4 Å². The second-order valence-corrected chi connectivity index (χ2v) is 18.9. The first kappa shape index (κ1) is 40.7. The van der Waals surface area contributed by atoms with Crippen LogP contribution < -0.4 is 0 Å². The molecule has 0 unspecified atom stereocenters. The minimum Gasteiger partial charge on any atom is -0.444 e. The van der Waals surface area contributed by atoms with Crippen molar-refractivity contribution in [2.75, 3.05) is 13.1 Å². The summed E-state index contributed by atoms with van der Waals surface area (Å²) in [6.45, 7) is 19.5. The number of allylic oxidation sites excluding steroid dienone is 1. The van der Waals surface area contributed by atoms with Crippen molar-refractivity contribution < 1.29 is 19.1 Å². The lowest BCUT2D eigenvalue weighted by molar-refractivity contribution is 0.0216. The maximum atomic E-state index is 13.0. The van der Waals surface area contributed by atoms with Crippen LogP contribution in [0, 0.1) is 0 Å². The van der Waals surface area contributed by atoms with Crippen LogP contribution in [0.1, 0.15) is 134 Å². The predicted molar refractivity (Wildman–Crippen MR) is 233 cm³/mol. The highest BCUT2D eigenvalue weighted by atomic mass is 16.6. The summed E-state index contributed by atoms with van der Waals surface area (Å²) in [6, 6.07) is 26.0. The molecule has 9 heteroatoms. The fraction of sp³-hybridized carbons (Fsp3) is 0.429. The Balaban J connectivity index is 1.10. The summed E-state index contributed by atoms with van der Waals surface area (Å²) in [7, 11) is 0. The van der Waals surface area contributed by atoms with Gasteiger partial charge in [-0.25, -0.2) is 14.6 Å². The third kappa shape index (κ3) is 9.46. The van der Waals surface area contributed by atoms with Gasteiger partial charge < -0.3 is 14.5 Å². The molecule has 3 aromatic carbocycles. The van der Waals surface area contributed by atoms with Crippen LogP contribution in [-0.4, -0.2) is 68.0 Å². The van der Waals surface area contributed by atoms with Gasteiger partial charge in [0.2, 0.25) is 0 Å². The van der Waals surface area contributed by atoms with E-state index in [4.69, 9.17) is 19.5 Å². The van der Waals surface area contributed by atoms with Gasteiger partial charge >= 0.3 is 12.2 Å². The van der Waals surface area contributed by atoms with Crippen LogP contribution in [0.5, 0.6) is 0 Å². The van der Waals surface area contributed by atoms with E-state index in [0.717, 1.165) is 81.9 Å². The molecule has 0 spiro atoms. The number of carbonyl (C=O) groups is 2. The molecule has 9 nitrogen and oxygen atoms in total. The van der Waals surface area contributed by atoms with Crippen LogP contribution in [0.4, 0.5) is 9.59 Å². The number of carbonyl (C=O) groups excluding carboxylic acids is 2. The number of hydrogen-bond acceptors (Lipinski definition) is 6. The monoisotopic (exact) mass is 781 g/mol. The lowest BCUT2D eigenvalue weighted by Gasteiger charge is -2.28. The number of nitrogens with zero attached hydrogens (tertiary/aromatic N) is 4. The number of ether oxygens (including phenoxy) is 2. The van der Waals surface area contributed by atoms with Gasteiger partial charge in [-0.1, -0.05) is 93.6 Å². The normalized spacial score (nSPS) is 19.0. The summed E-state index contributed by atoms with van der Waals surface area (Å²) >= 11 is 0. The molecule has 0 bridgehead atoms. The third-order valence-electron chi connectivity index (χ3n) is 11.0. The molecule has 4 aromatic rings. The lowest BCUT2D eigenvalue weighted by atomic mass is 9.85. The van der Waals surface area contributed by atoms with Crippen molar-refractivity contribution in [2.24, 2.45) is 4.99 Å². The summed E-state index contributed by atoms with van der Waals surface area (Å²) in [6.07, 6.45) is 9.83. The summed E-state index contributed by atoms with van der Waals surface area (Å²) < 4.78 is 11.4. The number of amides is 2. The van der Waals surface area contributed by atoms with Crippen LogP contribution in [0.15, 0.2) is 90.2 Å². The number of H-pyrrole nitrogens is 1. The summed E-state index contributed by atoms with van der Waals surface area (Å²) in [5.41, 5.74) is 9.97. The zero-order valence-corrected chi connectivity index (χ0v) is 35.7. The molecule has 2 saturated heterocycles. The van der Waals surface area contributed by atoms with Crippen molar-refractivity contribution in [2.45, 2.75) is 123 Å². The Labute approximate surface area is 344 Å². The van der Waals surface area contributed by atoms with Crippen molar-refractivity contribution in [3.63, 3.8) is 0 Å². The van der Waals surface area contributed by atoms with Gasteiger partial charge in [0.05, 0.1) is 24.0 Å². The molecule has 3 aliphatic rings. The Morgan fingerprint density at radius 2 is 1.24 bits per heavy atom. The number of aromatic amines is 1. The van der Waals surface area contributed by atoms with Crippen molar-refractivity contribution in [1.29, 1.82) is 0 Å². The zero-order valence-electron chi connectivity index (χ0n) is 35.7. The topological polar surface area (TPSA) is 100 Å². The summed E-state index contributed by atoms with van der Waals surface area (Å²) in [5.74, 6) is 0.782. The van der Waals surface area contributed by atoms with E-state index in [0.29, 0.717) is 19.5 Å². The number of aliphatic imine (C=N–C) groups is 1. The highest BCUT2D eigenvalue weighted by molar-refractivity contribution is 6.03. The highest BCUT2D eigenvalue weighted by Crippen LogP contribution is 2.36. The minimum absolute atomic E-state index is 0.0306. The van der Waals surface area contributed by atoms with Crippen molar-refractivity contribution in [3.05, 3.63) is 119 Å². The van der Waals surface area contributed by atoms with E-state index in [1.165, 1.54) is 5.56 Å². The van der Waals surface area contributed by atoms with Crippen LogP contribution in [0.3, 0.4) is 0 Å². The van der Waals surface area contributed by atoms with Gasteiger partial charge in [0.15, 0.2) is 0 Å². The molecule has 0 radical (unpaired) electrons. The van der Waals surface area contributed by atoms with E-state index < -0.39 is 11.2 Å². The smallest absolute Gasteiger partial charge is 0.410 e. The Hall–Kier alpha value is -5.44. The molecule has 1 aromatic heterocycles. The van der Waals surface area contributed by atoms with Crippen LogP contribution >= 0.6 is 0 Å². The number of rotatable bonds is 7. The molecule has 0 aliphatic carbocycles. The first-order valence-electron chi connectivity index (χ1n) is 20.8. The molecule has 0 saturated carbocycles. The van der Waals surface area contributed by atoms with Crippen molar-refractivity contribution in [1.82, 2.24) is 19.8 Å². The lowest BCUT2D eigenvalue weighted by Crippen LogP contribution is -2.43. The average molecular weight is 782 g/mol. The summed E-state index contributed by atoms with van der Waals surface area (Å²) in [4.78, 5) is 42.6. The molecule has 58 heavy (non-hydrogen) atoms. The van der Waals surface area contributed by atoms with Crippen molar-refractivity contribution in [3.8, 4) is 11.3 Å². The number of imidazole rings is 1. The van der Waals surface area contributed by atoms with E-state index in [9.17, 15) is 9.59 Å². The first-order chi connectivity index (χ1) is 27.4. The quantitative estimate of drug-likeness (QED) is 0.188. The Bertz CT molecular complexity index is 2210. The molecule has 2 amide bonds. The highest BCUT2D eigenvalue weighted by Gasteiger charge is 2.37.